The van der Waals surface area contributed by atoms with E-state index in [9.17, 15) is 5.11 Å². The zero-order chi connectivity index (χ0) is 13.1. The molecule has 2 rings (SSSR count). The molecule has 1 saturated carbocycles. The predicted octanol–water partition coefficient (Wildman–Crippen LogP) is 3.94. The summed E-state index contributed by atoms with van der Waals surface area (Å²) in [5.74, 6) is 2.06. The molecule has 0 radical (unpaired) electrons. The third-order valence-electron chi connectivity index (χ3n) is 3.78. The van der Waals surface area contributed by atoms with Gasteiger partial charge >= 0.3 is 0 Å². The highest BCUT2D eigenvalue weighted by atomic mass is 16.5. The van der Waals surface area contributed by atoms with Gasteiger partial charge in [0.2, 0.25) is 0 Å². The van der Waals surface area contributed by atoms with Gasteiger partial charge in [0.1, 0.15) is 5.75 Å². The van der Waals surface area contributed by atoms with Gasteiger partial charge in [-0.25, -0.2) is 0 Å². The van der Waals surface area contributed by atoms with Crippen LogP contribution in [0.25, 0.3) is 0 Å². The fourth-order valence-electron chi connectivity index (χ4n) is 2.83. The number of ether oxygens (including phenoxy) is 1. The number of benzene rings is 1. The average molecular weight is 248 g/mol. The summed E-state index contributed by atoms with van der Waals surface area (Å²) in [6.07, 6.45) is 3.41. The lowest BCUT2D eigenvalue weighted by atomic mass is 9.93. The molecule has 100 valence electrons. The van der Waals surface area contributed by atoms with E-state index in [0.717, 1.165) is 30.1 Å². The van der Waals surface area contributed by atoms with Crippen LogP contribution in [0.1, 0.15) is 51.7 Å². The first-order valence-electron chi connectivity index (χ1n) is 7.01. The summed E-state index contributed by atoms with van der Waals surface area (Å²) in [4.78, 5) is 0. The van der Waals surface area contributed by atoms with Gasteiger partial charge in [-0.2, -0.15) is 0 Å². The second-order valence-electron chi connectivity index (χ2n) is 5.86. The van der Waals surface area contributed by atoms with Gasteiger partial charge < -0.3 is 9.84 Å². The van der Waals surface area contributed by atoms with Crippen molar-refractivity contribution in [3.63, 3.8) is 0 Å². The largest absolute Gasteiger partial charge is 0.491 e. The van der Waals surface area contributed by atoms with Crippen LogP contribution in [0.3, 0.4) is 0 Å². The highest BCUT2D eigenvalue weighted by Gasteiger charge is 2.28. The Morgan fingerprint density at radius 3 is 2.33 bits per heavy atom. The molecule has 18 heavy (non-hydrogen) atoms. The van der Waals surface area contributed by atoms with Crippen LogP contribution in [-0.2, 0) is 0 Å². The summed E-state index contributed by atoms with van der Waals surface area (Å²) in [7, 11) is 0. The van der Waals surface area contributed by atoms with Crippen LogP contribution < -0.4 is 4.74 Å². The fourth-order valence-corrected chi connectivity index (χ4v) is 2.83. The van der Waals surface area contributed by atoms with Gasteiger partial charge in [-0.1, -0.05) is 25.5 Å². The van der Waals surface area contributed by atoms with Crippen molar-refractivity contribution in [1.29, 1.82) is 0 Å². The maximum absolute atomic E-state index is 10.4. The quantitative estimate of drug-likeness (QED) is 0.874. The summed E-state index contributed by atoms with van der Waals surface area (Å²) in [5, 5.41) is 10.4. The van der Waals surface area contributed by atoms with E-state index in [1.807, 2.05) is 38.1 Å². The molecule has 1 aliphatic rings. The second-order valence-corrected chi connectivity index (χ2v) is 5.86. The molecule has 0 aromatic heterocycles. The molecule has 1 fully saturated rings. The Labute approximate surface area is 110 Å². The second kappa shape index (κ2) is 5.75. The van der Waals surface area contributed by atoms with Crippen LogP contribution in [0, 0.1) is 11.8 Å². The standard InChI is InChI=1S/C16H24O2/c1-11(2)18-15-8-6-13(7-9-15)16(17)14-5-4-12(3)10-14/h6-9,11-12,14,16-17H,4-5,10H2,1-3H3. The fraction of sp³-hybridized carbons (Fsp3) is 0.625. The van der Waals surface area contributed by atoms with Gasteiger partial charge in [-0.15, -0.1) is 0 Å². The molecule has 0 saturated heterocycles. The maximum atomic E-state index is 10.4. The highest BCUT2D eigenvalue weighted by Crippen LogP contribution is 2.39. The Balaban J connectivity index is 2.00. The van der Waals surface area contributed by atoms with E-state index in [1.54, 1.807) is 0 Å². The van der Waals surface area contributed by atoms with Crippen LogP contribution in [0.4, 0.5) is 0 Å². The van der Waals surface area contributed by atoms with Crippen molar-refractivity contribution in [3.8, 4) is 5.75 Å². The molecule has 3 unspecified atom stereocenters. The monoisotopic (exact) mass is 248 g/mol. The lowest BCUT2D eigenvalue weighted by Gasteiger charge is -2.19. The van der Waals surface area contributed by atoms with Gasteiger partial charge in [0.05, 0.1) is 12.2 Å². The highest BCUT2D eigenvalue weighted by molar-refractivity contribution is 5.29. The van der Waals surface area contributed by atoms with Crippen LogP contribution >= 0.6 is 0 Å². The number of aliphatic hydroxyl groups excluding tert-OH is 1. The Morgan fingerprint density at radius 1 is 1.17 bits per heavy atom. The van der Waals surface area contributed by atoms with Crippen LogP contribution in [0.2, 0.25) is 0 Å². The Kier molecular flexibility index (Phi) is 4.28. The van der Waals surface area contributed by atoms with Crippen molar-refractivity contribution in [2.75, 3.05) is 0 Å². The maximum Gasteiger partial charge on any atom is 0.119 e. The molecule has 1 aromatic rings. The van der Waals surface area contributed by atoms with Crippen molar-refractivity contribution >= 4 is 0 Å². The van der Waals surface area contributed by atoms with Gasteiger partial charge in [0.25, 0.3) is 0 Å². The summed E-state index contributed by atoms with van der Waals surface area (Å²) in [5.41, 5.74) is 1.02. The lowest BCUT2D eigenvalue weighted by Crippen LogP contribution is -2.10. The van der Waals surface area contributed by atoms with E-state index in [2.05, 4.69) is 6.92 Å². The van der Waals surface area contributed by atoms with E-state index >= 15 is 0 Å². The Hall–Kier alpha value is -1.02. The van der Waals surface area contributed by atoms with Gasteiger partial charge in [-0.05, 0) is 56.2 Å². The van der Waals surface area contributed by atoms with Gasteiger partial charge in [0.15, 0.2) is 0 Å². The minimum absolute atomic E-state index is 0.191. The molecule has 2 heteroatoms. The molecular weight excluding hydrogens is 224 g/mol. The van der Waals surface area contributed by atoms with E-state index in [0.29, 0.717) is 5.92 Å². The molecule has 0 heterocycles. The van der Waals surface area contributed by atoms with Crippen molar-refractivity contribution < 1.29 is 9.84 Å². The van der Waals surface area contributed by atoms with E-state index < -0.39 is 0 Å². The van der Waals surface area contributed by atoms with Gasteiger partial charge in [-0.3, -0.25) is 0 Å². The topological polar surface area (TPSA) is 29.5 Å². The first-order valence-corrected chi connectivity index (χ1v) is 7.01. The third kappa shape index (κ3) is 3.26. The Morgan fingerprint density at radius 2 is 1.83 bits per heavy atom. The molecule has 3 atom stereocenters. The number of aliphatic hydroxyl groups is 1. The van der Waals surface area contributed by atoms with Crippen molar-refractivity contribution in [1.82, 2.24) is 0 Å². The molecule has 0 bridgehead atoms. The normalized spacial score (nSPS) is 25.4. The lowest BCUT2D eigenvalue weighted by molar-refractivity contribution is 0.109. The minimum atomic E-state index is -0.317. The van der Waals surface area contributed by atoms with Crippen molar-refractivity contribution in [3.05, 3.63) is 29.8 Å². The minimum Gasteiger partial charge on any atom is -0.491 e. The Bertz CT molecular complexity index is 369. The van der Waals surface area contributed by atoms with E-state index in [1.165, 1.54) is 6.42 Å². The van der Waals surface area contributed by atoms with Crippen LogP contribution in [0.5, 0.6) is 5.75 Å². The van der Waals surface area contributed by atoms with Crippen LogP contribution in [0.15, 0.2) is 24.3 Å². The van der Waals surface area contributed by atoms with E-state index in [-0.39, 0.29) is 12.2 Å². The predicted molar refractivity (Wildman–Crippen MR) is 73.7 cm³/mol. The molecule has 0 amide bonds. The molecular formula is C16H24O2. The summed E-state index contributed by atoms with van der Waals surface area (Å²) in [6, 6.07) is 7.89. The zero-order valence-electron chi connectivity index (χ0n) is 11.6. The summed E-state index contributed by atoms with van der Waals surface area (Å²) >= 11 is 0. The van der Waals surface area contributed by atoms with E-state index in [4.69, 9.17) is 4.74 Å². The number of hydrogen-bond donors (Lipinski definition) is 1. The smallest absolute Gasteiger partial charge is 0.119 e. The molecule has 1 N–H and O–H groups in total. The first kappa shape index (κ1) is 13.4. The number of rotatable bonds is 4. The summed E-state index contributed by atoms with van der Waals surface area (Å²) < 4.78 is 5.61. The van der Waals surface area contributed by atoms with Crippen LogP contribution in [-0.4, -0.2) is 11.2 Å². The summed E-state index contributed by atoms with van der Waals surface area (Å²) in [6.45, 7) is 6.30. The molecule has 1 aliphatic carbocycles. The SMILES string of the molecule is CC1CCC(C(O)c2ccc(OC(C)C)cc2)C1. The molecule has 2 nitrogen and oxygen atoms in total. The number of hydrogen-bond acceptors (Lipinski definition) is 2. The zero-order valence-corrected chi connectivity index (χ0v) is 11.6. The molecule has 1 aromatic carbocycles. The molecule has 0 aliphatic heterocycles. The average Bonchev–Trinajstić information content (AvgIpc) is 2.75. The van der Waals surface area contributed by atoms with Crippen molar-refractivity contribution in [2.24, 2.45) is 11.8 Å². The van der Waals surface area contributed by atoms with Crippen molar-refractivity contribution in [2.45, 2.75) is 52.2 Å². The first-order chi connectivity index (χ1) is 8.56. The molecule has 0 spiro atoms. The van der Waals surface area contributed by atoms with Gasteiger partial charge in [0, 0.05) is 0 Å². The third-order valence-corrected chi connectivity index (χ3v) is 3.78.